The summed E-state index contributed by atoms with van der Waals surface area (Å²) in [6.45, 7) is 7.83. The smallest absolute Gasteiger partial charge is 0.224 e. The van der Waals surface area contributed by atoms with Gasteiger partial charge in [0.15, 0.2) is 0 Å². The van der Waals surface area contributed by atoms with Crippen LogP contribution < -0.4 is 10.2 Å². The molecule has 0 bridgehead atoms. The molecule has 3 heterocycles. The summed E-state index contributed by atoms with van der Waals surface area (Å²) in [5, 5.41) is 3.28. The van der Waals surface area contributed by atoms with Crippen molar-refractivity contribution in [1.82, 2.24) is 14.9 Å². The van der Waals surface area contributed by atoms with Gasteiger partial charge in [0.1, 0.15) is 5.82 Å². The average Bonchev–Trinajstić information content (AvgIpc) is 2.82. The molecule has 1 N–H and O–H groups in total. The molecule has 1 aromatic rings. The van der Waals surface area contributed by atoms with Crippen LogP contribution in [0.5, 0.6) is 0 Å². The first kappa shape index (κ1) is 13.6. The summed E-state index contributed by atoms with van der Waals surface area (Å²) in [7, 11) is 0. The van der Waals surface area contributed by atoms with Crippen molar-refractivity contribution >= 4 is 11.8 Å². The maximum atomic E-state index is 4.67. The van der Waals surface area contributed by atoms with Crippen molar-refractivity contribution < 1.29 is 0 Å². The molecule has 0 saturated carbocycles. The van der Waals surface area contributed by atoms with Gasteiger partial charge in [-0.05, 0) is 38.3 Å². The van der Waals surface area contributed by atoms with Crippen LogP contribution in [0, 0.1) is 0 Å². The lowest BCUT2D eigenvalue weighted by molar-refractivity contribution is 0.273. The Labute approximate surface area is 121 Å². The molecular weight excluding hydrogens is 250 g/mol. The summed E-state index contributed by atoms with van der Waals surface area (Å²) in [5.41, 5.74) is 0. The van der Waals surface area contributed by atoms with Gasteiger partial charge in [0.05, 0.1) is 0 Å². The molecule has 5 heteroatoms. The molecule has 0 aromatic carbocycles. The maximum absolute atomic E-state index is 4.67. The number of hydrogen-bond acceptors (Lipinski definition) is 5. The van der Waals surface area contributed by atoms with E-state index in [4.69, 9.17) is 0 Å². The summed E-state index contributed by atoms with van der Waals surface area (Å²) >= 11 is 0. The zero-order chi connectivity index (χ0) is 13.8. The van der Waals surface area contributed by atoms with Crippen LogP contribution in [0.2, 0.25) is 0 Å². The molecule has 2 fully saturated rings. The van der Waals surface area contributed by atoms with Crippen LogP contribution in [0.3, 0.4) is 0 Å². The molecule has 1 aromatic heterocycles. The van der Waals surface area contributed by atoms with Gasteiger partial charge in [-0.25, -0.2) is 4.98 Å². The Balaban J connectivity index is 1.70. The molecule has 0 radical (unpaired) electrons. The standard InChI is InChI=1S/C15H25N5/c1-2-7-16-15-17-8-6-14(18-15)20-11-4-10-19-9-3-5-13(19)12-20/h6,8,13H,2-5,7,9-12H2,1H3,(H,16,17,18). The first-order valence-electron chi connectivity index (χ1n) is 7.92. The first-order chi connectivity index (χ1) is 9.86. The van der Waals surface area contributed by atoms with E-state index in [2.05, 4.69) is 32.0 Å². The Bertz CT molecular complexity index is 436. The Morgan fingerprint density at radius 2 is 2.20 bits per heavy atom. The van der Waals surface area contributed by atoms with Gasteiger partial charge in [0.2, 0.25) is 5.95 Å². The fourth-order valence-corrected chi connectivity index (χ4v) is 3.26. The lowest BCUT2D eigenvalue weighted by Gasteiger charge is -2.26. The summed E-state index contributed by atoms with van der Waals surface area (Å²) in [6.07, 6.45) is 6.89. The van der Waals surface area contributed by atoms with Crippen LogP contribution >= 0.6 is 0 Å². The Hall–Kier alpha value is -1.36. The third kappa shape index (κ3) is 3.03. The van der Waals surface area contributed by atoms with Gasteiger partial charge < -0.3 is 10.2 Å². The zero-order valence-corrected chi connectivity index (χ0v) is 12.4. The molecule has 2 saturated heterocycles. The second-order valence-corrected chi connectivity index (χ2v) is 5.80. The Morgan fingerprint density at radius 1 is 1.30 bits per heavy atom. The van der Waals surface area contributed by atoms with E-state index in [1.807, 2.05) is 12.3 Å². The Morgan fingerprint density at radius 3 is 3.10 bits per heavy atom. The first-order valence-corrected chi connectivity index (χ1v) is 7.92. The minimum atomic E-state index is 0.722. The second kappa shape index (κ2) is 6.39. The van der Waals surface area contributed by atoms with Crippen molar-refractivity contribution in [3.8, 4) is 0 Å². The fraction of sp³-hybridized carbons (Fsp3) is 0.733. The minimum absolute atomic E-state index is 0.722. The van der Waals surface area contributed by atoms with Crippen molar-refractivity contribution in [3.63, 3.8) is 0 Å². The molecule has 5 nitrogen and oxygen atoms in total. The maximum Gasteiger partial charge on any atom is 0.224 e. The van der Waals surface area contributed by atoms with Crippen molar-refractivity contribution in [2.75, 3.05) is 42.9 Å². The van der Waals surface area contributed by atoms with Gasteiger partial charge in [-0.3, -0.25) is 4.90 Å². The lowest BCUT2D eigenvalue weighted by atomic mass is 10.2. The molecule has 2 aliphatic heterocycles. The zero-order valence-electron chi connectivity index (χ0n) is 12.4. The van der Waals surface area contributed by atoms with Crippen LogP contribution in [-0.4, -0.2) is 53.6 Å². The quantitative estimate of drug-likeness (QED) is 0.910. The molecule has 20 heavy (non-hydrogen) atoms. The summed E-state index contributed by atoms with van der Waals surface area (Å²) < 4.78 is 0. The summed E-state index contributed by atoms with van der Waals surface area (Å²) in [5.74, 6) is 1.84. The highest BCUT2D eigenvalue weighted by molar-refractivity contribution is 5.43. The topological polar surface area (TPSA) is 44.3 Å². The summed E-state index contributed by atoms with van der Waals surface area (Å²) in [6, 6.07) is 2.77. The number of nitrogens with one attached hydrogen (secondary N) is 1. The highest BCUT2D eigenvalue weighted by Crippen LogP contribution is 2.24. The molecule has 1 unspecified atom stereocenters. The number of anilines is 2. The van der Waals surface area contributed by atoms with Crippen LogP contribution in [-0.2, 0) is 0 Å². The highest BCUT2D eigenvalue weighted by Gasteiger charge is 2.29. The molecule has 0 amide bonds. The fourth-order valence-electron chi connectivity index (χ4n) is 3.26. The van der Waals surface area contributed by atoms with Crippen LogP contribution in [0.1, 0.15) is 32.6 Å². The number of aromatic nitrogens is 2. The van der Waals surface area contributed by atoms with E-state index >= 15 is 0 Å². The van der Waals surface area contributed by atoms with Gasteiger partial charge in [-0.2, -0.15) is 4.98 Å². The summed E-state index contributed by atoms with van der Waals surface area (Å²) in [4.78, 5) is 14.1. The van der Waals surface area contributed by atoms with Gasteiger partial charge in [0, 0.05) is 38.4 Å². The largest absolute Gasteiger partial charge is 0.355 e. The van der Waals surface area contributed by atoms with Crippen LogP contribution in [0.15, 0.2) is 12.3 Å². The average molecular weight is 275 g/mol. The SMILES string of the molecule is CCCNc1nccc(N2CCCN3CCCC3C2)n1. The van der Waals surface area contributed by atoms with Crippen molar-refractivity contribution in [2.24, 2.45) is 0 Å². The van der Waals surface area contributed by atoms with Crippen molar-refractivity contribution in [3.05, 3.63) is 12.3 Å². The van der Waals surface area contributed by atoms with E-state index in [-0.39, 0.29) is 0 Å². The van der Waals surface area contributed by atoms with Gasteiger partial charge in [-0.15, -0.1) is 0 Å². The third-order valence-corrected chi connectivity index (χ3v) is 4.30. The van der Waals surface area contributed by atoms with E-state index < -0.39 is 0 Å². The van der Waals surface area contributed by atoms with E-state index in [1.54, 1.807) is 0 Å². The number of rotatable bonds is 4. The van der Waals surface area contributed by atoms with Gasteiger partial charge in [-0.1, -0.05) is 6.92 Å². The molecule has 1 atom stereocenters. The predicted molar refractivity (Wildman–Crippen MR) is 82.2 cm³/mol. The molecule has 3 rings (SSSR count). The number of fused-ring (bicyclic) bond motifs is 1. The van der Waals surface area contributed by atoms with E-state index in [1.165, 1.54) is 32.4 Å². The lowest BCUT2D eigenvalue weighted by Crippen LogP contribution is -2.37. The van der Waals surface area contributed by atoms with E-state index in [0.717, 1.165) is 43.9 Å². The highest BCUT2D eigenvalue weighted by atomic mass is 15.3. The van der Waals surface area contributed by atoms with E-state index in [0.29, 0.717) is 0 Å². The number of nitrogens with zero attached hydrogens (tertiary/aromatic N) is 4. The monoisotopic (exact) mass is 275 g/mol. The van der Waals surface area contributed by atoms with Gasteiger partial charge >= 0.3 is 0 Å². The normalized spacial score (nSPS) is 23.4. The molecule has 110 valence electrons. The minimum Gasteiger partial charge on any atom is -0.355 e. The molecule has 0 spiro atoms. The van der Waals surface area contributed by atoms with E-state index in [9.17, 15) is 0 Å². The van der Waals surface area contributed by atoms with Crippen molar-refractivity contribution in [1.29, 1.82) is 0 Å². The van der Waals surface area contributed by atoms with Crippen LogP contribution in [0.4, 0.5) is 11.8 Å². The molecule has 2 aliphatic rings. The second-order valence-electron chi connectivity index (χ2n) is 5.80. The van der Waals surface area contributed by atoms with Crippen LogP contribution in [0.25, 0.3) is 0 Å². The van der Waals surface area contributed by atoms with Crippen molar-refractivity contribution in [2.45, 2.75) is 38.6 Å². The molecular formula is C15H25N5. The third-order valence-electron chi connectivity index (χ3n) is 4.30. The predicted octanol–water partition coefficient (Wildman–Crippen LogP) is 1.97. The Kier molecular flexibility index (Phi) is 4.35. The number of hydrogen-bond donors (Lipinski definition) is 1. The molecule has 0 aliphatic carbocycles. The van der Waals surface area contributed by atoms with Gasteiger partial charge in [0.25, 0.3) is 0 Å².